The molecule has 0 saturated carbocycles. The Morgan fingerprint density at radius 1 is 1.14 bits per heavy atom. The lowest BCUT2D eigenvalue weighted by atomic mass is 9.81. The van der Waals surface area contributed by atoms with Crippen molar-refractivity contribution in [2.24, 2.45) is 11.1 Å². The summed E-state index contributed by atoms with van der Waals surface area (Å²) in [6, 6.07) is 7.73. The van der Waals surface area contributed by atoms with Gasteiger partial charge in [0, 0.05) is 43.4 Å². The van der Waals surface area contributed by atoms with Crippen LogP contribution in [0.25, 0.3) is 0 Å². The lowest BCUT2D eigenvalue weighted by molar-refractivity contribution is -0.136. The molecule has 2 rings (SSSR count). The normalized spacial score (nSPS) is 14.0. The summed E-state index contributed by atoms with van der Waals surface area (Å²) in [5.74, 6) is -0.182. The number of anilines is 1. The van der Waals surface area contributed by atoms with Crippen molar-refractivity contribution in [3.63, 3.8) is 0 Å². The molecule has 1 heterocycles. The predicted octanol–water partition coefficient (Wildman–Crippen LogP) is 2.71. The first kappa shape index (κ1) is 26.8. The Hall–Kier alpha value is -1.21. The summed E-state index contributed by atoms with van der Waals surface area (Å²) >= 11 is 6.05. The van der Waals surface area contributed by atoms with E-state index in [-0.39, 0.29) is 43.2 Å². The Balaban J connectivity index is 0.00000364. The molecular weight excluding hydrogens is 423 g/mol. The molecule has 1 aliphatic heterocycles. The van der Waals surface area contributed by atoms with Crippen molar-refractivity contribution in [1.82, 2.24) is 10.2 Å². The second-order valence-corrected chi connectivity index (χ2v) is 7.16. The minimum Gasteiger partial charge on any atom is -0.368 e. The van der Waals surface area contributed by atoms with Gasteiger partial charge in [0.15, 0.2) is 0 Å². The number of amides is 2. The molecule has 0 aromatic heterocycles. The number of nitrogens with zero attached hydrogens (tertiary/aromatic N) is 2. The highest BCUT2D eigenvalue weighted by Gasteiger charge is 2.33. The van der Waals surface area contributed by atoms with Crippen molar-refractivity contribution in [3.8, 4) is 0 Å². The quantitative estimate of drug-likeness (QED) is 0.665. The Morgan fingerprint density at radius 3 is 2.25 bits per heavy atom. The third-order valence-corrected chi connectivity index (χ3v) is 5.67. The van der Waals surface area contributed by atoms with Gasteiger partial charge in [0.1, 0.15) is 0 Å². The molecule has 1 aromatic carbocycles. The van der Waals surface area contributed by atoms with Crippen molar-refractivity contribution in [2.45, 2.75) is 26.7 Å². The van der Waals surface area contributed by atoms with Gasteiger partial charge in [-0.15, -0.1) is 24.8 Å². The largest absolute Gasteiger partial charge is 0.368 e. The zero-order chi connectivity index (χ0) is 19.2. The Labute approximate surface area is 185 Å². The Morgan fingerprint density at radius 2 is 1.75 bits per heavy atom. The van der Waals surface area contributed by atoms with Crippen LogP contribution in [0.5, 0.6) is 0 Å². The van der Waals surface area contributed by atoms with E-state index in [1.807, 2.05) is 38.1 Å². The van der Waals surface area contributed by atoms with Crippen LogP contribution in [0, 0.1) is 5.41 Å². The number of benzene rings is 1. The number of halogens is 3. The van der Waals surface area contributed by atoms with Crippen LogP contribution < -0.4 is 16.0 Å². The molecule has 0 unspecified atom stereocenters. The molecule has 1 aliphatic rings. The van der Waals surface area contributed by atoms with Gasteiger partial charge in [-0.05, 0) is 31.0 Å². The summed E-state index contributed by atoms with van der Waals surface area (Å²) in [6.45, 7) is 6.97. The summed E-state index contributed by atoms with van der Waals surface area (Å²) in [6.07, 6.45) is 1.33. The van der Waals surface area contributed by atoms with Gasteiger partial charge in [-0.3, -0.25) is 9.59 Å². The van der Waals surface area contributed by atoms with Crippen LogP contribution in [0.15, 0.2) is 24.3 Å². The molecule has 1 saturated heterocycles. The van der Waals surface area contributed by atoms with Gasteiger partial charge in [0.2, 0.25) is 11.8 Å². The number of nitrogens with one attached hydrogen (secondary N) is 1. The summed E-state index contributed by atoms with van der Waals surface area (Å²) in [4.78, 5) is 28.9. The number of carbonyl (C=O) groups is 2. The van der Waals surface area contributed by atoms with E-state index < -0.39 is 5.41 Å². The first-order chi connectivity index (χ1) is 12.5. The fourth-order valence-corrected chi connectivity index (χ4v) is 3.48. The molecule has 0 aliphatic carbocycles. The van der Waals surface area contributed by atoms with E-state index in [1.165, 1.54) is 0 Å². The fraction of sp³-hybridized carbons (Fsp3) is 0.579. The second-order valence-electron chi connectivity index (χ2n) is 6.72. The summed E-state index contributed by atoms with van der Waals surface area (Å²) in [5, 5.41) is 3.49. The maximum absolute atomic E-state index is 12.4. The van der Waals surface area contributed by atoms with Crippen LogP contribution >= 0.6 is 36.4 Å². The number of piperazine rings is 1. The van der Waals surface area contributed by atoms with Crippen LogP contribution in [0.4, 0.5) is 5.69 Å². The Kier molecular flexibility index (Phi) is 11.8. The van der Waals surface area contributed by atoms with Crippen LogP contribution in [0.2, 0.25) is 5.02 Å². The van der Waals surface area contributed by atoms with Gasteiger partial charge in [-0.2, -0.15) is 0 Å². The first-order valence-corrected chi connectivity index (χ1v) is 9.60. The van der Waals surface area contributed by atoms with Crippen LogP contribution in [-0.2, 0) is 9.59 Å². The highest BCUT2D eigenvalue weighted by molar-refractivity contribution is 6.30. The molecule has 0 radical (unpaired) electrons. The lowest BCUT2D eigenvalue weighted by Gasteiger charge is -2.36. The predicted molar refractivity (Wildman–Crippen MR) is 120 cm³/mol. The van der Waals surface area contributed by atoms with E-state index in [1.54, 1.807) is 4.90 Å². The highest BCUT2D eigenvalue weighted by Crippen LogP contribution is 2.25. The zero-order valence-corrected chi connectivity index (χ0v) is 18.8. The average Bonchev–Trinajstić information content (AvgIpc) is 2.68. The average molecular weight is 454 g/mol. The molecule has 6 nitrogen and oxygen atoms in total. The molecule has 28 heavy (non-hydrogen) atoms. The number of carbonyl (C=O) groups excluding carboxylic acids is 2. The van der Waals surface area contributed by atoms with E-state index in [9.17, 15) is 9.59 Å². The summed E-state index contributed by atoms with van der Waals surface area (Å²) < 4.78 is 0. The number of nitrogens with two attached hydrogens (primary N) is 1. The van der Waals surface area contributed by atoms with Gasteiger partial charge in [-0.25, -0.2) is 0 Å². The SMILES string of the molecule is CCC(CC)(CN)C(=O)NCC(=O)N1CCN(c2cccc(Cl)c2)CC1.Cl.Cl. The van der Waals surface area contributed by atoms with Gasteiger partial charge >= 0.3 is 0 Å². The van der Waals surface area contributed by atoms with Crippen molar-refractivity contribution in [1.29, 1.82) is 0 Å². The van der Waals surface area contributed by atoms with E-state index in [4.69, 9.17) is 17.3 Å². The minimum atomic E-state index is -0.578. The van der Waals surface area contributed by atoms with Gasteiger partial charge in [0.25, 0.3) is 0 Å². The number of hydrogen-bond donors (Lipinski definition) is 2. The third-order valence-electron chi connectivity index (χ3n) is 5.43. The smallest absolute Gasteiger partial charge is 0.242 e. The topological polar surface area (TPSA) is 78.7 Å². The summed E-state index contributed by atoms with van der Waals surface area (Å²) in [5.41, 5.74) is 6.28. The van der Waals surface area contributed by atoms with E-state index in [0.717, 1.165) is 18.8 Å². The summed E-state index contributed by atoms with van der Waals surface area (Å²) in [7, 11) is 0. The maximum Gasteiger partial charge on any atom is 0.242 e. The monoisotopic (exact) mass is 452 g/mol. The van der Waals surface area contributed by atoms with E-state index in [0.29, 0.717) is 37.5 Å². The third kappa shape index (κ3) is 6.41. The molecule has 9 heteroatoms. The van der Waals surface area contributed by atoms with Crippen LogP contribution in [0.1, 0.15) is 26.7 Å². The molecule has 1 fully saturated rings. The fourth-order valence-electron chi connectivity index (χ4n) is 3.29. The molecular formula is C19H31Cl3N4O2. The zero-order valence-electron chi connectivity index (χ0n) is 16.4. The van der Waals surface area contributed by atoms with Gasteiger partial charge < -0.3 is 20.9 Å². The van der Waals surface area contributed by atoms with Crippen molar-refractivity contribution in [3.05, 3.63) is 29.3 Å². The van der Waals surface area contributed by atoms with Gasteiger partial charge in [0.05, 0.1) is 12.0 Å². The van der Waals surface area contributed by atoms with Crippen LogP contribution in [-0.4, -0.2) is 56.0 Å². The van der Waals surface area contributed by atoms with E-state index >= 15 is 0 Å². The molecule has 160 valence electrons. The lowest BCUT2D eigenvalue weighted by Crippen LogP contribution is -2.53. The highest BCUT2D eigenvalue weighted by atomic mass is 35.5. The molecule has 0 spiro atoms. The van der Waals surface area contributed by atoms with Crippen molar-refractivity contribution in [2.75, 3.05) is 44.2 Å². The number of rotatable bonds is 7. The standard InChI is InChI=1S/C19H29ClN4O2.2ClH/c1-3-19(4-2,14-21)18(26)22-13-17(25)24-10-8-23(9-11-24)16-7-5-6-15(20)12-16;;/h5-7,12H,3-4,8-11,13-14,21H2,1-2H3,(H,22,26);2*1H. The Bertz CT molecular complexity index is 625. The molecule has 0 atom stereocenters. The molecule has 3 N–H and O–H groups in total. The van der Waals surface area contributed by atoms with Crippen molar-refractivity contribution < 1.29 is 9.59 Å². The van der Waals surface area contributed by atoms with E-state index in [2.05, 4.69) is 10.2 Å². The van der Waals surface area contributed by atoms with Gasteiger partial charge in [-0.1, -0.05) is 31.5 Å². The maximum atomic E-state index is 12.4. The molecule has 2 amide bonds. The minimum absolute atomic E-state index is 0. The second kappa shape index (κ2) is 12.4. The molecule has 0 bridgehead atoms. The number of hydrogen-bond acceptors (Lipinski definition) is 4. The molecule has 1 aromatic rings. The van der Waals surface area contributed by atoms with Crippen LogP contribution in [0.3, 0.4) is 0 Å². The van der Waals surface area contributed by atoms with Crippen molar-refractivity contribution >= 4 is 53.9 Å². The first-order valence-electron chi connectivity index (χ1n) is 9.22.